The van der Waals surface area contributed by atoms with E-state index < -0.39 is 0 Å². The number of carbonyl (C=O) groups excluding carboxylic acids is 1. The Balaban J connectivity index is 1.82. The molecule has 0 unspecified atom stereocenters. The van der Waals surface area contributed by atoms with Gasteiger partial charge in [-0.3, -0.25) is 0 Å². The Morgan fingerprint density at radius 2 is 1.95 bits per heavy atom. The van der Waals surface area contributed by atoms with Crippen molar-refractivity contribution in [3.63, 3.8) is 0 Å². The summed E-state index contributed by atoms with van der Waals surface area (Å²) in [6.07, 6.45) is 6.74. The van der Waals surface area contributed by atoms with Crippen LogP contribution in [0.15, 0.2) is 35.9 Å². The van der Waals surface area contributed by atoms with Gasteiger partial charge in [0.2, 0.25) is 0 Å². The van der Waals surface area contributed by atoms with Crippen LogP contribution < -0.4 is 0 Å². The van der Waals surface area contributed by atoms with Crippen LogP contribution in [0.25, 0.3) is 0 Å². The standard InChI is InChI=1S/C17H21FO2/c1-2-20-17(19)12-15-5-3-13(4-6-15)11-14-7-9-16(18)10-8-14/h7-10,12-13H,2-6,11H2,1H3. The zero-order chi connectivity index (χ0) is 14.4. The van der Waals surface area contributed by atoms with Gasteiger partial charge in [0.1, 0.15) is 5.82 Å². The highest BCUT2D eigenvalue weighted by molar-refractivity contribution is 5.82. The van der Waals surface area contributed by atoms with E-state index in [-0.39, 0.29) is 11.8 Å². The highest BCUT2D eigenvalue weighted by Gasteiger charge is 2.17. The highest BCUT2D eigenvalue weighted by atomic mass is 19.1. The molecule has 1 saturated carbocycles. The second-order valence-electron chi connectivity index (χ2n) is 5.33. The van der Waals surface area contributed by atoms with Crippen LogP contribution in [0, 0.1) is 11.7 Å². The van der Waals surface area contributed by atoms with Gasteiger partial charge in [-0.15, -0.1) is 0 Å². The minimum Gasteiger partial charge on any atom is -0.463 e. The van der Waals surface area contributed by atoms with Crippen molar-refractivity contribution in [1.82, 2.24) is 0 Å². The first-order valence-electron chi connectivity index (χ1n) is 7.28. The van der Waals surface area contributed by atoms with Crippen molar-refractivity contribution in [2.45, 2.75) is 39.0 Å². The minimum atomic E-state index is -0.223. The minimum absolute atomic E-state index is 0.183. The molecule has 20 heavy (non-hydrogen) atoms. The van der Waals surface area contributed by atoms with Crippen LogP contribution in [-0.2, 0) is 16.0 Å². The number of ether oxygens (including phenoxy) is 1. The zero-order valence-corrected chi connectivity index (χ0v) is 11.9. The molecule has 0 spiro atoms. The van der Waals surface area contributed by atoms with E-state index in [1.807, 2.05) is 19.1 Å². The number of esters is 1. The van der Waals surface area contributed by atoms with Gasteiger partial charge in [0.05, 0.1) is 6.61 Å². The quantitative estimate of drug-likeness (QED) is 0.612. The predicted octanol–water partition coefficient (Wildman–Crippen LogP) is 4.05. The summed E-state index contributed by atoms with van der Waals surface area (Å²) in [7, 11) is 0. The molecule has 0 N–H and O–H groups in total. The van der Waals surface area contributed by atoms with Crippen molar-refractivity contribution >= 4 is 5.97 Å². The van der Waals surface area contributed by atoms with Crippen LogP contribution in [-0.4, -0.2) is 12.6 Å². The second kappa shape index (κ2) is 7.22. The number of rotatable bonds is 4. The summed E-state index contributed by atoms with van der Waals surface area (Å²) in [6, 6.07) is 6.76. The number of benzene rings is 1. The number of hydrogen-bond donors (Lipinski definition) is 0. The highest BCUT2D eigenvalue weighted by Crippen LogP contribution is 2.30. The molecule has 0 aromatic heterocycles. The zero-order valence-electron chi connectivity index (χ0n) is 11.9. The van der Waals surface area contributed by atoms with Crippen molar-refractivity contribution in [3.05, 3.63) is 47.3 Å². The molecule has 0 radical (unpaired) electrons. The fourth-order valence-electron chi connectivity index (χ4n) is 2.70. The van der Waals surface area contributed by atoms with Crippen LogP contribution in [0.1, 0.15) is 38.2 Å². The third-order valence-corrected chi connectivity index (χ3v) is 3.79. The molecule has 3 heteroatoms. The van der Waals surface area contributed by atoms with Crippen LogP contribution in [0.5, 0.6) is 0 Å². The molecular formula is C17H21FO2. The molecule has 0 saturated heterocycles. The van der Waals surface area contributed by atoms with Gasteiger partial charge in [-0.2, -0.15) is 0 Å². The van der Waals surface area contributed by atoms with E-state index in [2.05, 4.69) is 0 Å². The summed E-state index contributed by atoms with van der Waals surface area (Å²) in [5.41, 5.74) is 2.38. The lowest BCUT2D eigenvalue weighted by Gasteiger charge is -2.23. The maximum atomic E-state index is 12.8. The Morgan fingerprint density at radius 1 is 1.30 bits per heavy atom. The smallest absolute Gasteiger partial charge is 0.330 e. The van der Waals surface area contributed by atoms with Crippen molar-refractivity contribution in [2.24, 2.45) is 5.92 Å². The topological polar surface area (TPSA) is 26.3 Å². The maximum Gasteiger partial charge on any atom is 0.330 e. The molecule has 0 aliphatic heterocycles. The van der Waals surface area contributed by atoms with Gasteiger partial charge in [0.15, 0.2) is 0 Å². The molecule has 1 aliphatic rings. The van der Waals surface area contributed by atoms with Gasteiger partial charge < -0.3 is 4.74 Å². The third kappa shape index (κ3) is 4.48. The monoisotopic (exact) mass is 276 g/mol. The van der Waals surface area contributed by atoms with Crippen molar-refractivity contribution in [3.8, 4) is 0 Å². The Kier molecular flexibility index (Phi) is 5.33. The first-order valence-corrected chi connectivity index (χ1v) is 7.28. The number of halogens is 1. The molecule has 0 atom stereocenters. The first kappa shape index (κ1) is 14.8. The lowest BCUT2D eigenvalue weighted by Crippen LogP contribution is -2.12. The number of hydrogen-bond acceptors (Lipinski definition) is 2. The normalized spacial score (nSPS) is 18.7. The van der Waals surface area contributed by atoms with E-state index in [0.29, 0.717) is 12.5 Å². The Labute approximate surface area is 119 Å². The third-order valence-electron chi connectivity index (χ3n) is 3.79. The average Bonchev–Trinajstić information content (AvgIpc) is 2.44. The summed E-state index contributed by atoms with van der Waals surface area (Å²) in [4.78, 5) is 11.4. The van der Waals surface area contributed by atoms with Gasteiger partial charge in [0, 0.05) is 6.08 Å². The first-order chi connectivity index (χ1) is 9.67. The molecule has 2 rings (SSSR count). The van der Waals surface area contributed by atoms with E-state index in [4.69, 9.17) is 4.74 Å². The van der Waals surface area contributed by atoms with E-state index in [9.17, 15) is 9.18 Å². The molecule has 2 nitrogen and oxygen atoms in total. The van der Waals surface area contributed by atoms with Gasteiger partial charge in [-0.05, 0) is 62.6 Å². The van der Waals surface area contributed by atoms with Crippen LogP contribution in [0.2, 0.25) is 0 Å². The predicted molar refractivity (Wildman–Crippen MR) is 76.8 cm³/mol. The molecule has 1 aliphatic carbocycles. The van der Waals surface area contributed by atoms with Gasteiger partial charge in [0.25, 0.3) is 0 Å². The summed E-state index contributed by atoms with van der Waals surface area (Å²) >= 11 is 0. The van der Waals surface area contributed by atoms with E-state index >= 15 is 0 Å². The Morgan fingerprint density at radius 3 is 2.55 bits per heavy atom. The second-order valence-corrected chi connectivity index (χ2v) is 5.33. The van der Waals surface area contributed by atoms with Crippen molar-refractivity contribution in [1.29, 1.82) is 0 Å². The summed E-state index contributed by atoms with van der Waals surface area (Å²) in [5, 5.41) is 0. The molecule has 108 valence electrons. The Bertz CT molecular complexity index is 466. The fourth-order valence-corrected chi connectivity index (χ4v) is 2.70. The van der Waals surface area contributed by atoms with E-state index in [0.717, 1.165) is 32.1 Å². The lowest BCUT2D eigenvalue weighted by molar-refractivity contribution is -0.137. The molecule has 0 heterocycles. The Hall–Kier alpha value is -1.64. The molecular weight excluding hydrogens is 255 g/mol. The van der Waals surface area contributed by atoms with Gasteiger partial charge in [-0.1, -0.05) is 17.7 Å². The molecule has 0 amide bonds. The summed E-state index contributed by atoms with van der Waals surface area (Å²) in [6.45, 7) is 2.24. The average molecular weight is 276 g/mol. The molecule has 1 aromatic carbocycles. The van der Waals surface area contributed by atoms with Crippen molar-refractivity contribution < 1.29 is 13.9 Å². The summed E-state index contributed by atoms with van der Waals surface area (Å²) < 4.78 is 17.8. The van der Waals surface area contributed by atoms with Crippen molar-refractivity contribution in [2.75, 3.05) is 6.61 Å². The van der Waals surface area contributed by atoms with Crippen LogP contribution in [0.4, 0.5) is 4.39 Å². The van der Waals surface area contributed by atoms with Gasteiger partial charge in [-0.25, -0.2) is 9.18 Å². The van der Waals surface area contributed by atoms with Crippen LogP contribution in [0.3, 0.4) is 0 Å². The van der Waals surface area contributed by atoms with Crippen LogP contribution >= 0.6 is 0 Å². The molecule has 1 fully saturated rings. The molecule has 1 aromatic rings. The largest absolute Gasteiger partial charge is 0.463 e. The fraction of sp³-hybridized carbons (Fsp3) is 0.471. The van der Waals surface area contributed by atoms with E-state index in [1.165, 1.54) is 23.3 Å². The number of carbonyl (C=O) groups is 1. The summed E-state index contributed by atoms with van der Waals surface area (Å²) in [5.74, 6) is 0.219. The molecule has 0 bridgehead atoms. The number of allylic oxidation sites excluding steroid dienone is 1. The van der Waals surface area contributed by atoms with Gasteiger partial charge >= 0.3 is 5.97 Å². The van der Waals surface area contributed by atoms with E-state index in [1.54, 1.807) is 6.08 Å². The maximum absolute atomic E-state index is 12.8. The SMILES string of the molecule is CCOC(=O)C=C1CCC(Cc2ccc(F)cc2)CC1. The lowest BCUT2D eigenvalue weighted by atomic mass is 9.82.